The van der Waals surface area contributed by atoms with Gasteiger partial charge < -0.3 is 14.9 Å². The van der Waals surface area contributed by atoms with Crippen molar-refractivity contribution in [2.45, 2.75) is 39.3 Å². The SMILES string of the molecule is CC(c1cccs1)N(C)C(=O)N(CCC(=O)O)C(C)C. The fourth-order valence-corrected chi connectivity index (χ4v) is 2.71. The van der Waals surface area contributed by atoms with Gasteiger partial charge in [0.25, 0.3) is 0 Å². The molecule has 1 unspecified atom stereocenters. The van der Waals surface area contributed by atoms with Crippen LogP contribution < -0.4 is 0 Å². The summed E-state index contributed by atoms with van der Waals surface area (Å²) in [7, 11) is 1.75. The van der Waals surface area contributed by atoms with Gasteiger partial charge in [0.1, 0.15) is 0 Å². The van der Waals surface area contributed by atoms with Crippen molar-refractivity contribution in [3.63, 3.8) is 0 Å². The van der Waals surface area contributed by atoms with E-state index >= 15 is 0 Å². The van der Waals surface area contributed by atoms with Crippen LogP contribution in [0.5, 0.6) is 0 Å². The first-order valence-electron chi connectivity index (χ1n) is 6.63. The van der Waals surface area contributed by atoms with Crippen LogP contribution in [0.25, 0.3) is 0 Å². The molecule has 1 N–H and O–H groups in total. The van der Waals surface area contributed by atoms with Crippen molar-refractivity contribution in [2.75, 3.05) is 13.6 Å². The van der Waals surface area contributed by atoms with Crippen molar-refractivity contribution in [2.24, 2.45) is 0 Å². The molecule has 2 amide bonds. The molecule has 0 saturated carbocycles. The van der Waals surface area contributed by atoms with Gasteiger partial charge in [0, 0.05) is 24.5 Å². The van der Waals surface area contributed by atoms with Crippen molar-refractivity contribution in [1.29, 1.82) is 0 Å². The van der Waals surface area contributed by atoms with E-state index in [9.17, 15) is 9.59 Å². The maximum absolute atomic E-state index is 12.5. The molecule has 0 aliphatic carbocycles. The highest BCUT2D eigenvalue weighted by Crippen LogP contribution is 2.24. The summed E-state index contributed by atoms with van der Waals surface area (Å²) in [6.45, 7) is 5.99. The van der Waals surface area contributed by atoms with Crippen molar-refractivity contribution in [3.05, 3.63) is 22.4 Å². The minimum atomic E-state index is -0.891. The number of thiophene rings is 1. The lowest BCUT2D eigenvalue weighted by atomic mass is 10.2. The highest BCUT2D eigenvalue weighted by atomic mass is 32.1. The normalized spacial score (nSPS) is 12.2. The third-order valence-electron chi connectivity index (χ3n) is 3.27. The fraction of sp³-hybridized carbons (Fsp3) is 0.571. The van der Waals surface area contributed by atoms with Crippen molar-refractivity contribution >= 4 is 23.3 Å². The van der Waals surface area contributed by atoms with Gasteiger partial charge in [0.05, 0.1) is 12.5 Å². The second-order valence-corrected chi connectivity index (χ2v) is 6.00. The molecular weight excluding hydrogens is 276 g/mol. The van der Waals surface area contributed by atoms with Gasteiger partial charge >= 0.3 is 12.0 Å². The van der Waals surface area contributed by atoms with Crippen LogP contribution in [0.4, 0.5) is 4.79 Å². The molecule has 20 heavy (non-hydrogen) atoms. The number of rotatable bonds is 6. The Morgan fingerprint density at radius 2 is 2.00 bits per heavy atom. The Morgan fingerprint density at radius 3 is 2.45 bits per heavy atom. The molecule has 1 aromatic heterocycles. The highest BCUT2D eigenvalue weighted by Gasteiger charge is 2.25. The summed E-state index contributed by atoms with van der Waals surface area (Å²) in [6.07, 6.45) is -0.0366. The Morgan fingerprint density at radius 1 is 1.35 bits per heavy atom. The van der Waals surface area contributed by atoms with Gasteiger partial charge in [-0.2, -0.15) is 0 Å². The lowest BCUT2D eigenvalue weighted by molar-refractivity contribution is -0.137. The monoisotopic (exact) mass is 298 g/mol. The number of carbonyl (C=O) groups is 2. The van der Waals surface area contributed by atoms with E-state index < -0.39 is 5.97 Å². The molecule has 6 heteroatoms. The molecule has 112 valence electrons. The molecular formula is C14H22N2O3S. The minimum Gasteiger partial charge on any atom is -0.481 e. The van der Waals surface area contributed by atoms with E-state index in [1.54, 1.807) is 28.2 Å². The molecule has 0 spiro atoms. The molecule has 1 aromatic rings. The molecule has 0 radical (unpaired) electrons. The van der Waals surface area contributed by atoms with E-state index in [2.05, 4.69) is 0 Å². The number of amides is 2. The second-order valence-electron chi connectivity index (χ2n) is 5.02. The van der Waals surface area contributed by atoms with Crippen LogP contribution in [0.2, 0.25) is 0 Å². The summed E-state index contributed by atoms with van der Waals surface area (Å²) in [5, 5.41) is 10.8. The number of aliphatic carboxylic acids is 1. The van der Waals surface area contributed by atoms with Gasteiger partial charge in [-0.05, 0) is 32.2 Å². The van der Waals surface area contributed by atoms with Crippen molar-refractivity contribution < 1.29 is 14.7 Å². The van der Waals surface area contributed by atoms with Crippen molar-refractivity contribution in [3.8, 4) is 0 Å². The van der Waals surface area contributed by atoms with Crippen molar-refractivity contribution in [1.82, 2.24) is 9.80 Å². The maximum Gasteiger partial charge on any atom is 0.320 e. The standard InChI is InChI=1S/C14H22N2O3S/c1-10(2)16(8-7-13(17)18)14(19)15(4)11(3)12-6-5-9-20-12/h5-6,9-11H,7-8H2,1-4H3,(H,17,18). The minimum absolute atomic E-state index is 0.0198. The van der Waals surface area contributed by atoms with Gasteiger partial charge in [-0.25, -0.2) is 4.79 Å². The topological polar surface area (TPSA) is 60.9 Å². The lowest BCUT2D eigenvalue weighted by Crippen LogP contribution is -2.46. The zero-order valence-corrected chi connectivity index (χ0v) is 13.2. The van der Waals surface area contributed by atoms with Crippen LogP contribution in [0.3, 0.4) is 0 Å². The van der Waals surface area contributed by atoms with E-state index in [1.165, 1.54) is 0 Å². The molecule has 1 atom stereocenters. The molecule has 1 heterocycles. The van der Waals surface area contributed by atoms with E-state index in [-0.39, 0.29) is 31.1 Å². The Hall–Kier alpha value is -1.56. The largest absolute Gasteiger partial charge is 0.481 e. The maximum atomic E-state index is 12.5. The molecule has 0 aliphatic rings. The summed E-state index contributed by atoms with van der Waals surface area (Å²) in [5.41, 5.74) is 0. The van der Waals surface area contributed by atoms with Crippen LogP contribution in [0.1, 0.15) is 38.1 Å². The molecule has 5 nitrogen and oxygen atoms in total. The first-order chi connectivity index (χ1) is 9.34. The Labute approximate surface area is 123 Å². The van der Waals surface area contributed by atoms with Crippen LogP contribution in [0, 0.1) is 0 Å². The van der Waals surface area contributed by atoms with Gasteiger partial charge in [-0.15, -0.1) is 11.3 Å². The molecule has 0 aromatic carbocycles. The molecule has 0 bridgehead atoms. The smallest absolute Gasteiger partial charge is 0.320 e. The number of hydrogen-bond acceptors (Lipinski definition) is 3. The number of hydrogen-bond donors (Lipinski definition) is 1. The average molecular weight is 298 g/mol. The Kier molecular flexibility index (Phi) is 6.01. The Bertz CT molecular complexity index is 445. The zero-order chi connectivity index (χ0) is 15.3. The van der Waals surface area contributed by atoms with E-state index in [0.29, 0.717) is 0 Å². The summed E-state index contributed by atoms with van der Waals surface area (Å²) < 4.78 is 0. The van der Waals surface area contributed by atoms with Crippen LogP contribution in [-0.2, 0) is 4.79 Å². The van der Waals surface area contributed by atoms with E-state index in [1.807, 2.05) is 38.3 Å². The molecule has 0 fully saturated rings. The lowest BCUT2D eigenvalue weighted by Gasteiger charge is -2.33. The number of urea groups is 1. The quantitative estimate of drug-likeness (QED) is 0.878. The molecule has 1 rings (SSSR count). The summed E-state index contributed by atoms with van der Waals surface area (Å²) in [6, 6.07) is 3.77. The first kappa shape index (κ1) is 16.5. The second kappa shape index (κ2) is 7.28. The summed E-state index contributed by atoms with van der Waals surface area (Å²) in [5.74, 6) is -0.891. The zero-order valence-electron chi connectivity index (χ0n) is 12.4. The van der Waals surface area contributed by atoms with Crippen LogP contribution in [0.15, 0.2) is 17.5 Å². The third kappa shape index (κ3) is 4.23. The predicted molar refractivity (Wildman–Crippen MR) is 80.0 cm³/mol. The fourth-order valence-electron chi connectivity index (χ4n) is 1.88. The van der Waals surface area contributed by atoms with Gasteiger partial charge in [-0.1, -0.05) is 6.07 Å². The third-order valence-corrected chi connectivity index (χ3v) is 4.32. The average Bonchev–Trinajstić information content (AvgIpc) is 2.89. The summed E-state index contributed by atoms with van der Waals surface area (Å²) >= 11 is 1.61. The number of carboxylic acid groups (broad SMARTS) is 1. The van der Waals surface area contributed by atoms with E-state index in [4.69, 9.17) is 5.11 Å². The summed E-state index contributed by atoms with van der Waals surface area (Å²) in [4.78, 5) is 27.6. The Balaban J connectivity index is 2.75. The number of nitrogens with zero attached hydrogens (tertiary/aromatic N) is 2. The molecule has 0 aliphatic heterocycles. The van der Waals surface area contributed by atoms with E-state index in [0.717, 1.165) is 4.88 Å². The number of carboxylic acids is 1. The molecule has 0 saturated heterocycles. The van der Waals surface area contributed by atoms with Gasteiger partial charge in [-0.3, -0.25) is 4.79 Å². The highest BCUT2D eigenvalue weighted by molar-refractivity contribution is 7.10. The van der Waals surface area contributed by atoms with Gasteiger partial charge in [0.2, 0.25) is 0 Å². The predicted octanol–water partition coefficient (Wildman–Crippen LogP) is 3.05. The van der Waals surface area contributed by atoms with Crippen LogP contribution in [-0.4, -0.2) is 46.5 Å². The first-order valence-corrected chi connectivity index (χ1v) is 7.51. The van der Waals surface area contributed by atoms with Crippen LogP contribution >= 0.6 is 11.3 Å². The number of carbonyl (C=O) groups excluding carboxylic acids is 1. The van der Waals surface area contributed by atoms with Gasteiger partial charge in [0.15, 0.2) is 0 Å².